The lowest BCUT2D eigenvalue weighted by Crippen LogP contribution is -2.46. The summed E-state index contributed by atoms with van der Waals surface area (Å²) in [4.78, 5) is 31.5. The summed E-state index contributed by atoms with van der Waals surface area (Å²) in [5.74, 6) is 0.700. The van der Waals surface area contributed by atoms with Crippen LogP contribution in [0, 0.1) is 6.92 Å². The molecule has 5 rings (SSSR count). The fourth-order valence-corrected chi connectivity index (χ4v) is 5.67. The summed E-state index contributed by atoms with van der Waals surface area (Å²) in [6.45, 7) is 3.17. The number of carbonyl (C=O) groups is 2. The van der Waals surface area contributed by atoms with E-state index in [4.69, 9.17) is 20.9 Å². The van der Waals surface area contributed by atoms with Crippen molar-refractivity contribution in [2.75, 3.05) is 26.7 Å². The minimum atomic E-state index is -0.322. The fourth-order valence-electron chi connectivity index (χ4n) is 5.45. The lowest BCUT2D eigenvalue weighted by atomic mass is 10.0. The first-order chi connectivity index (χ1) is 20.4. The third-order valence-corrected chi connectivity index (χ3v) is 8.09. The van der Waals surface area contributed by atoms with Crippen molar-refractivity contribution in [1.29, 1.82) is 0 Å². The van der Waals surface area contributed by atoms with Crippen molar-refractivity contribution < 1.29 is 18.8 Å². The maximum absolute atomic E-state index is 14.5. The summed E-state index contributed by atoms with van der Waals surface area (Å²) in [5, 5.41) is 4.76. The SMILES string of the molecule is Cc1onc(-c2ccccc2Cl)c1C(=O)N1CCCCCCN(C)C(=O)c2ccccc2OC[C@H]1Cc1ccccc1. The number of aryl methyl sites for hydroxylation is 1. The number of benzene rings is 3. The molecule has 7 nitrogen and oxygen atoms in total. The van der Waals surface area contributed by atoms with Crippen LogP contribution in [0.25, 0.3) is 11.3 Å². The Morgan fingerprint density at radius 2 is 1.57 bits per heavy atom. The Morgan fingerprint density at radius 3 is 2.33 bits per heavy atom. The van der Waals surface area contributed by atoms with E-state index >= 15 is 0 Å². The number of nitrogens with zero attached hydrogens (tertiary/aromatic N) is 3. The molecule has 0 saturated carbocycles. The zero-order valence-electron chi connectivity index (χ0n) is 24.1. The highest BCUT2D eigenvalue weighted by atomic mass is 35.5. The molecule has 0 fully saturated rings. The van der Waals surface area contributed by atoms with Gasteiger partial charge in [0.05, 0.1) is 16.6 Å². The molecule has 2 heterocycles. The minimum absolute atomic E-state index is 0.0697. The van der Waals surface area contributed by atoms with Crippen LogP contribution >= 0.6 is 11.6 Å². The molecule has 1 aromatic heterocycles. The van der Waals surface area contributed by atoms with Crippen LogP contribution in [0.15, 0.2) is 83.4 Å². The largest absolute Gasteiger partial charge is 0.491 e. The Kier molecular flexibility index (Phi) is 9.59. The van der Waals surface area contributed by atoms with Gasteiger partial charge in [0.1, 0.15) is 29.4 Å². The molecular formula is C34H36ClN3O4. The van der Waals surface area contributed by atoms with Crippen LogP contribution < -0.4 is 4.74 Å². The summed E-state index contributed by atoms with van der Waals surface area (Å²) >= 11 is 6.53. The molecule has 0 unspecified atom stereocenters. The maximum atomic E-state index is 14.5. The van der Waals surface area contributed by atoms with E-state index in [1.165, 1.54) is 0 Å². The second kappa shape index (κ2) is 13.7. The van der Waals surface area contributed by atoms with E-state index in [1.807, 2.05) is 66.5 Å². The Balaban J connectivity index is 1.55. The number of hydrogen-bond acceptors (Lipinski definition) is 5. The number of para-hydroxylation sites is 1. The van der Waals surface area contributed by atoms with E-state index in [0.717, 1.165) is 31.2 Å². The van der Waals surface area contributed by atoms with Gasteiger partial charge in [0.2, 0.25) is 0 Å². The van der Waals surface area contributed by atoms with Crippen molar-refractivity contribution >= 4 is 23.4 Å². The number of rotatable bonds is 4. The molecule has 0 spiro atoms. The molecule has 2 amide bonds. The van der Waals surface area contributed by atoms with E-state index in [2.05, 4.69) is 17.3 Å². The number of ether oxygens (including phenoxy) is 1. The van der Waals surface area contributed by atoms with Crippen molar-refractivity contribution in [3.63, 3.8) is 0 Å². The Morgan fingerprint density at radius 1 is 0.905 bits per heavy atom. The van der Waals surface area contributed by atoms with Crippen LogP contribution in [0.5, 0.6) is 5.75 Å². The molecule has 218 valence electrons. The highest BCUT2D eigenvalue weighted by molar-refractivity contribution is 6.33. The minimum Gasteiger partial charge on any atom is -0.491 e. The summed E-state index contributed by atoms with van der Waals surface area (Å²) in [7, 11) is 1.83. The second-order valence-corrected chi connectivity index (χ2v) is 11.1. The molecule has 1 aliphatic heterocycles. The quantitative estimate of drug-likeness (QED) is 0.256. The predicted octanol–water partition coefficient (Wildman–Crippen LogP) is 7.08. The highest BCUT2D eigenvalue weighted by Crippen LogP contribution is 2.33. The number of hydrogen-bond donors (Lipinski definition) is 0. The summed E-state index contributed by atoms with van der Waals surface area (Å²) in [6, 6.07) is 24.4. The zero-order chi connectivity index (χ0) is 29.5. The number of aromatic nitrogens is 1. The Hall–Kier alpha value is -4.10. The number of fused-ring (bicyclic) bond motifs is 1. The predicted molar refractivity (Wildman–Crippen MR) is 164 cm³/mol. The topological polar surface area (TPSA) is 75.9 Å². The van der Waals surface area contributed by atoms with E-state index in [1.54, 1.807) is 24.0 Å². The molecule has 0 saturated heterocycles. The summed E-state index contributed by atoms with van der Waals surface area (Å²) in [6.07, 6.45) is 4.17. The molecule has 1 atom stereocenters. The third kappa shape index (κ3) is 6.68. The van der Waals surface area contributed by atoms with E-state index < -0.39 is 0 Å². The molecule has 0 N–H and O–H groups in total. The molecule has 0 radical (unpaired) electrons. The monoisotopic (exact) mass is 585 g/mol. The van der Waals surface area contributed by atoms with Crippen LogP contribution in [0.3, 0.4) is 0 Å². The Labute approximate surface area is 252 Å². The van der Waals surface area contributed by atoms with Gasteiger partial charge in [-0.25, -0.2) is 0 Å². The third-order valence-electron chi connectivity index (χ3n) is 7.76. The van der Waals surface area contributed by atoms with Crippen molar-refractivity contribution in [2.24, 2.45) is 0 Å². The van der Waals surface area contributed by atoms with Gasteiger partial charge in [-0.2, -0.15) is 0 Å². The van der Waals surface area contributed by atoms with Gasteiger partial charge in [0.15, 0.2) is 0 Å². The van der Waals surface area contributed by atoms with Crippen molar-refractivity contribution in [1.82, 2.24) is 15.0 Å². The van der Waals surface area contributed by atoms with Gasteiger partial charge in [-0.05, 0) is 49.9 Å². The average Bonchev–Trinajstić information content (AvgIpc) is 3.39. The molecule has 4 aromatic rings. The van der Waals surface area contributed by atoms with Gasteiger partial charge in [-0.3, -0.25) is 9.59 Å². The molecule has 0 aliphatic carbocycles. The maximum Gasteiger partial charge on any atom is 0.260 e. The average molecular weight is 586 g/mol. The molecule has 0 bridgehead atoms. The number of halogens is 1. The second-order valence-electron chi connectivity index (χ2n) is 10.7. The molecule has 3 aromatic carbocycles. The molecule has 8 heteroatoms. The van der Waals surface area contributed by atoms with Gasteiger partial charge in [0.25, 0.3) is 11.8 Å². The zero-order valence-corrected chi connectivity index (χ0v) is 24.8. The van der Waals surface area contributed by atoms with Crippen molar-refractivity contribution in [3.8, 4) is 17.0 Å². The fraction of sp³-hybridized carbons (Fsp3) is 0.324. The smallest absolute Gasteiger partial charge is 0.260 e. The van der Waals surface area contributed by atoms with Gasteiger partial charge in [0, 0.05) is 25.7 Å². The van der Waals surface area contributed by atoms with E-state index in [-0.39, 0.29) is 24.5 Å². The van der Waals surface area contributed by atoms with Crippen LogP contribution in [-0.2, 0) is 6.42 Å². The number of amides is 2. The lowest BCUT2D eigenvalue weighted by Gasteiger charge is -2.33. The Bertz CT molecular complexity index is 1520. The highest BCUT2D eigenvalue weighted by Gasteiger charge is 2.32. The molecule has 42 heavy (non-hydrogen) atoms. The van der Waals surface area contributed by atoms with E-state index in [0.29, 0.717) is 58.4 Å². The van der Waals surface area contributed by atoms with Crippen LogP contribution in [0.2, 0.25) is 5.02 Å². The first kappa shape index (κ1) is 29.4. The summed E-state index contributed by atoms with van der Waals surface area (Å²) < 4.78 is 12.0. The lowest BCUT2D eigenvalue weighted by molar-refractivity contribution is 0.0598. The van der Waals surface area contributed by atoms with Gasteiger partial charge in [-0.1, -0.05) is 90.3 Å². The number of carbonyl (C=O) groups excluding carboxylic acids is 2. The van der Waals surface area contributed by atoms with Crippen molar-refractivity contribution in [3.05, 3.63) is 106 Å². The summed E-state index contributed by atoms with van der Waals surface area (Å²) in [5.41, 5.74) is 3.08. The normalized spacial score (nSPS) is 16.8. The van der Waals surface area contributed by atoms with Crippen molar-refractivity contribution in [2.45, 2.75) is 45.1 Å². The van der Waals surface area contributed by atoms with Crippen LogP contribution in [-0.4, -0.2) is 59.6 Å². The standard InChI is InChI=1S/C34H36ClN3O4/c1-24-31(32(36-42-24)27-16-8-10-18-29(27)35)34(40)38-21-13-4-3-12-20-37(2)33(39)28-17-9-11-19-30(28)41-23-26(38)22-25-14-6-5-7-15-25/h5-11,14-19,26H,3-4,12-13,20-23H2,1-2H3/t26-/m1/s1. The van der Waals surface area contributed by atoms with E-state index in [9.17, 15) is 9.59 Å². The molecular weight excluding hydrogens is 550 g/mol. The van der Waals surface area contributed by atoms with Gasteiger partial charge in [-0.15, -0.1) is 0 Å². The molecule has 1 aliphatic rings. The van der Waals surface area contributed by atoms with Gasteiger partial charge < -0.3 is 19.1 Å². The van der Waals surface area contributed by atoms with Crippen LogP contribution in [0.1, 0.15) is 57.7 Å². The first-order valence-corrected chi connectivity index (χ1v) is 14.8. The van der Waals surface area contributed by atoms with Gasteiger partial charge >= 0.3 is 0 Å². The van der Waals surface area contributed by atoms with Crippen LogP contribution in [0.4, 0.5) is 0 Å². The first-order valence-electron chi connectivity index (χ1n) is 14.5.